The van der Waals surface area contributed by atoms with Crippen molar-refractivity contribution < 1.29 is 24.1 Å². The van der Waals surface area contributed by atoms with Gasteiger partial charge in [-0.2, -0.15) is 0 Å². The number of aliphatic hydroxyl groups is 1. The van der Waals surface area contributed by atoms with E-state index in [9.17, 15) is 9.90 Å². The van der Waals surface area contributed by atoms with Crippen LogP contribution in [0.2, 0.25) is 0 Å². The fraction of sp³-hybridized carbons (Fsp3) is 0.909. The van der Waals surface area contributed by atoms with Crippen molar-refractivity contribution in [3.8, 4) is 0 Å². The van der Waals surface area contributed by atoms with Gasteiger partial charge in [-0.1, -0.05) is 0 Å². The molecule has 3 aliphatic rings. The number of hydrogen-bond donors (Lipinski definition) is 1. The molecule has 0 aromatic carbocycles. The summed E-state index contributed by atoms with van der Waals surface area (Å²) in [5, 5.41) is 10.0. The molecule has 90 valence electrons. The zero-order chi connectivity index (χ0) is 11.5. The lowest BCUT2D eigenvalue weighted by atomic mass is 9.75. The second-order valence-corrected chi connectivity index (χ2v) is 5.09. The standard InChI is InChI=1S/C11H16O5/c1-11-7(12)3-5-6(10(14-2)16-11)4-15-9(13)8(5)11/h5-8,10,12H,3-4H2,1-2H3/t5-,6-,7+,8-,10?,11-/m1/s1. The quantitative estimate of drug-likeness (QED) is 0.636. The summed E-state index contributed by atoms with van der Waals surface area (Å²) in [5.74, 6) is -0.402. The number of cyclic esters (lactones) is 1. The lowest BCUT2D eigenvalue weighted by molar-refractivity contribution is -0.294. The third kappa shape index (κ3) is 1.08. The molecule has 1 saturated carbocycles. The van der Waals surface area contributed by atoms with Crippen LogP contribution in [0.15, 0.2) is 0 Å². The Kier molecular flexibility index (Phi) is 2.09. The van der Waals surface area contributed by atoms with E-state index in [-0.39, 0.29) is 30.0 Å². The van der Waals surface area contributed by atoms with E-state index in [2.05, 4.69) is 0 Å². The van der Waals surface area contributed by atoms with Gasteiger partial charge in [0.2, 0.25) is 0 Å². The molecule has 1 aliphatic carbocycles. The minimum Gasteiger partial charge on any atom is -0.465 e. The molecular weight excluding hydrogens is 212 g/mol. The number of rotatable bonds is 1. The molecule has 3 fully saturated rings. The van der Waals surface area contributed by atoms with Crippen molar-refractivity contribution in [1.82, 2.24) is 0 Å². The molecule has 4 bridgehead atoms. The predicted octanol–water partition coefficient (Wildman–Crippen LogP) is -0.0822. The summed E-state index contributed by atoms with van der Waals surface area (Å²) < 4.78 is 16.2. The minimum absolute atomic E-state index is 0.0536. The Hall–Kier alpha value is -0.650. The molecule has 2 heterocycles. The molecule has 0 aromatic heterocycles. The summed E-state index contributed by atoms with van der Waals surface area (Å²) in [7, 11) is 1.58. The van der Waals surface area contributed by atoms with Gasteiger partial charge in [0, 0.05) is 13.0 Å². The molecule has 5 nitrogen and oxygen atoms in total. The molecule has 1 N–H and O–H groups in total. The average molecular weight is 228 g/mol. The van der Waals surface area contributed by atoms with E-state index in [0.29, 0.717) is 13.0 Å². The maximum absolute atomic E-state index is 11.8. The number of ether oxygens (including phenoxy) is 3. The van der Waals surface area contributed by atoms with E-state index < -0.39 is 11.7 Å². The lowest BCUT2D eigenvalue weighted by Gasteiger charge is -2.48. The van der Waals surface area contributed by atoms with Crippen LogP contribution in [0.4, 0.5) is 0 Å². The Balaban J connectivity index is 2.02. The van der Waals surface area contributed by atoms with Gasteiger partial charge < -0.3 is 19.3 Å². The first kappa shape index (κ1) is 10.5. The molecule has 1 unspecified atom stereocenters. The lowest BCUT2D eigenvalue weighted by Crippen LogP contribution is -2.59. The van der Waals surface area contributed by atoms with Crippen molar-refractivity contribution in [3.05, 3.63) is 0 Å². The molecule has 6 atom stereocenters. The highest BCUT2D eigenvalue weighted by molar-refractivity contribution is 5.76. The van der Waals surface area contributed by atoms with E-state index in [0.717, 1.165) is 0 Å². The molecule has 0 aromatic rings. The second-order valence-electron chi connectivity index (χ2n) is 5.09. The van der Waals surface area contributed by atoms with Gasteiger partial charge in [-0.25, -0.2) is 0 Å². The number of methoxy groups -OCH3 is 1. The smallest absolute Gasteiger partial charge is 0.312 e. The van der Waals surface area contributed by atoms with Crippen LogP contribution >= 0.6 is 0 Å². The zero-order valence-electron chi connectivity index (χ0n) is 9.38. The first-order valence-electron chi connectivity index (χ1n) is 5.63. The zero-order valence-corrected chi connectivity index (χ0v) is 9.38. The summed E-state index contributed by atoms with van der Waals surface area (Å²) in [6.07, 6.45) is -0.395. The second kappa shape index (κ2) is 3.18. The summed E-state index contributed by atoms with van der Waals surface area (Å²) in [4.78, 5) is 11.8. The Morgan fingerprint density at radius 2 is 2.25 bits per heavy atom. The fourth-order valence-electron chi connectivity index (χ4n) is 3.48. The molecule has 16 heavy (non-hydrogen) atoms. The number of carbonyl (C=O) groups excluding carboxylic acids is 1. The van der Waals surface area contributed by atoms with Crippen LogP contribution in [0.5, 0.6) is 0 Å². The van der Waals surface area contributed by atoms with Gasteiger partial charge >= 0.3 is 5.97 Å². The van der Waals surface area contributed by atoms with Crippen LogP contribution in [0.1, 0.15) is 13.3 Å². The van der Waals surface area contributed by atoms with E-state index in [1.165, 1.54) is 0 Å². The number of esters is 1. The highest BCUT2D eigenvalue weighted by Gasteiger charge is 2.66. The maximum Gasteiger partial charge on any atom is 0.312 e. The molecule has 5 heteroatoms. The van der Waals surface area contributed by atoms with Crippen molar-refractivity contribution in [2.75, 3.05) is 13.7 Å². The number of carbonyl (C=O) groups is 1. The van der Waals surface area contributed by atoms with E-state index >= 15 is 0 Å². The van der Waals surface area contributed by atoms with Crippen molar-refractivity contribution >= 4 is 5.97 Å². The van der Waals surface area contributed by atoms with Gasteiger partial charge in [-0.3, -0.25) is 4.79 Å². The third-order valence-corrected chi connectivity index (χ3v) is 4.38. The Morgan fingerprint density at radius 1 is 1.50 bits per heavy atom. The molecule has 0 radical (unpaired) electrons. The first-order valence-corrected chi connectivity index (χ1v) is 5.63. The van der Waals surface area contributed by atoms with E-state index in [1.54, 1.807) is 14.0 Å². The van der Waals surface area contributed by atoms with Crippen LogP contribution < -0.4 is 0 Å². The topological polar surface area (TPSA) is 65.0 Å². The van der Waals surface area contributed by atoms with Gasteiger partial charge in [0.05, 0.1) is 18.6 Å². The summed E-state index contributed by atoms with van der Waals surface area (Å²) in [6, 6.07) is 0. The molecule has 0 spiro atoms. The monoisotopic (exact) mass is 228 g/mol. The Morgan fingerprint density at radius 3 is 2.94 bits per heavy atom. The Labute approximate surface area is 93.7 Å². The Bertz CT molecular complexity index is 330. The first-order chi connectivity index (χ1) is 7.58. The van der Waals surface area contributed by atoms with Crippen molar-refractivity contribution in [3.63, 3.8) is 0 Å². The van der Waals surface area contributed by atoms with Gasteiger partial charge in [0.15, 0.2) is 6.29 Å². The molecule has 0 amide bonds. The van der Waals surface area contributed by atoms with Crippen molar-refractivity contribution in [2.24, 2.45) is 17.8 Å². The summed E-state index contributed by atoms with van der Waals surface area (Å²) >= 11 is 0. The van der Waals surface area contributed by atoms with Gasteiger partial charge in [0.1, 0.15) is 5.60 Å². The maximum atomic E-state index is 11.8. The molecule has 3 rings (SSSR count). The van der Waals surface area contributed by atoms with Gasteiger partial charge in [-0.15, -0.1) is 0 Å². The fourth-order valence-corrected chi connectivity index (χ4v) is 3.48. The minimum atomic E-state index is -0.848. The van der Waals surface area contributed by atoms with Gasteiger partial charge in [-0.05, 0) is 19.3 Å². The normalized spacial score (nSPS) is 54.9. The van der Waals surface area contributed by atoms with Crippen LogP contribution in [-0.4, -0.2) is 42.8 Å². The summed E-state index contributed by atoms with van der Waals surface area (Å²) in [5.41, 5.74) is -0.848. The molecular formula is C11H16O5. The van der Waals surface area contributed by atoms with Crippen LogP contribution in [-0.2, 0) is 19.0 Å². The summed E-state index contributed by atoms with van der Waals surface area (Å²) in [6.45, 7) is 2.11. The van der Waals surface area contributed by atoms with Crippen LogP contribution in [0, 0.1) is 17.8 Å². The highest BCUT2D eigenvalue weighted by atomic mass is 16.7. The largest absolute Gasteiger partial charge is 0.465 e. The van der Waals surface area contributed by atoms with Crippen LogP contribution in [0.3, 0.4) is 0 Å². The van der Waals surface area contributed by atoms with Crippen molar-refractivity contribution in [2.45, 2.75) is 31.3 Å². The average Bonchev–Trinajstić information content (AvgIpc) is 2.44. The SMILES string of the molecule is COC1O[C@]2(C)[C@@H](O)C[C@@H]3[C@H]1COC(=O)[C@@H]32. The van der Waals surface area contributed by atoms with Gasteiger partial charge in [0.25, 0.3) is 0 Å². The van der Waals surface area contributed by atoms with E-state index in [1.807, 2.05) is 0 Å². The van der Waals surface area contributed by atoms with Crippen LogP contribution in [0.25, 0.3) is 0 Å². The molecule has 2 aliphatic heterocycles. The predicted molar refractivity (Wildman–Crippen MR) is 52.3 cm³/mol. The number of aliphatic hydroxyl groups excluding tert-OH is 1. The molecule has 2 saturated heterocycles. The van der Waals surface area contributed by atoms with E-state index in [4.69, 9.17) is 14.2 Å². The highest BCUT2D eigenvalue weighted by Crippen LogP contribution is 2.54. The number of hydrogen-bond acceptors (Lipinski definition) is 5. The van der Waals surface area contributed by atoms with Crippen molar-refractivity contribution in [1.29, 1.82) is 0 Å². The third-order valence-electron chi connectivity index (χ3n) is 4.38.